The smallest absolute Gasteiger partial charge is 0.282 e. The van der Waals surface area contributed by atoms with Gasteiger partial charge in [-0.1, -0.05) is 6.07 Å². The molecule has 4 heterocycles. The summed E-state index contributed by atoms with van der Waals surface area (Å²) < 4.78 is 33.7. The van der Waals surface area contributed by atoms with Gasteiger partial charge in [0.2, 0.25) is 5.91 Å². The molecule has 9 nitrogen and oxygen atoms in total. The molecule has 4 rings (SSSR count). The van der Waals surface area contributed by atoms with E-state index in [1.54, 1.807) is 15.9 Å². The molecule has 0 saturated carbocycles. The van der Waals surface area contributed by atoms with Gasteiger partial charge < -0.3 is 14.5 Å². The van der Waals surface area contributed by atoms with Gasteiger partial charge in [0.15, 0.2) is 0 Å². The van der Waals surface area contributed by atoms with Crippen LogP contribution in [0, 0.1) is 0 Å². The van der Waals surface area contributed by atoms with E-state index in [1.165, 1.54) is 19.9 Å². The van der Waals surface area contributed by atoms with Gasteiger partial charge in [0.05, 0.1) is 18.1 Å². The van der Waals surface area contributed by atoms with E-state index in [9.17, 15) is 18.0 Å². The highest BCUT2D eigenvalue weighted by molar-refractivity contribution is 7.86. The molecule has 3 aliphatic rings. The molecule has 0 aliphatic carbocycles. The van der Waals surface area contributed by atoms with Gasteiger partial charge in [0.25, 0.3) is 16.1 Å². The van der Waals surface area contributed by atoms with Crippen molar-refractivity contribution < 1.29 is 22.7 Å². The number of piperazine rings is 1. The first-order valence-corrected chi connectivity index (χ1v) is 12.2. The second-order valence-electron chi connectivity index (χ2n) is 7.38. The van der Waals surface area contributed by atoms with Crippen molar-refractivity contribution >= 4 is 33.4 Å². The Kier molecular flexibility index (Phi) is 6.21. The molecule has 0 aromatic carbocycles. The van der Waals surface area contributed by atoms with Crippen molar-refractivity contribution in [3.63, 3.8) is 0 Å². The van der Waals surface area contributed by atoms with Crippen molar-refractivity contribution in [1.29, 1.82) is 0 Å². The van der Waals surface area contributed by atoms with Crippen LogP contribution in [0.25, 0.3) is 0 Å². The minimum atomic E-state index is -3.52. The predicted octanol–water partition coefficient (Wildman–Crippen LogP) is 0.0739. The Labute approximate surface area is 175 Å². The Morgan fingerprint density at radius 3 is 2.34 bits per heavy atom. The average Bonchev–Trinajstić information content (AvgIpc) is 3.46. The topological polar surface area (TPSA) is 90.5 Å². The SMILES string of the molecule is O=C([C@@H]1CCCN1C(=O)c1cccs1)N1CCN(S(=O)(=O)N2CCOCC2)CC1. The molecule has 0 unspecified atom stereocenters. The summed E-state index contributed by atoms with van der Waals surface area (Å²) in [5, 5.41) is 1.86. The summed E-state index contributed by atoms with van der Waals surface area (Å²) in [4.78, 5) is 29.8. The normalized spacial score (nSPS) is 24.8. The van der Waals surface area contributed by atoms with Crippen LogP contribution in [0.2, 0.25) is 0 Å². The van der Waals surface area contributed by atoms with Crippen molar-refractivity contribution in [1.82, 2.24) is 18.4 Å². The quantitative estimate of drug-likeness (QED) is 0.659. The maximum atomic E-state index is 13.1. The third kappa shape index (κ3) is 4.19. The van der Waals surface area contributed by atoms with E-state index in [0.717, 1.165) is 6.42 Å². The summed E-state index contributed by atoms with van der Waals surface area (Å²) >= 11 is 1.38. The summed E-state index contributed by atoms with van der Waals surface area (Å²) in [6.07, 6.45) is 1.46. The molecule has 1 aromatic rings. The number of carbonyl (C=O) groups excluding carboxylic acids is 2. The minimum absolute atomic E-state index is 0.0733. The molecule has 2 amide bonds. The van der Waals surface area contributed by atoms with Crippen LogP contribution in [0.15, 0.2) is 17.5 Å². The molecule has 0 radical (unpaired) electrons. The first-order valence-electron chi connectivity index (χ1n) is 9.95. The largest absolute Gasteiger partial charge is 0.379 e. The summed E-state index contributed by atoms with van der Waals surface area (Å²) in [6.45, 7) is 3.38. The molecule has 3 saturated heterocycles. The molecule has 11 heteroatoms. The zero-order valence-corrected chi connectivity index (χ0v) is 17.9. The molecule has 3 aliphatic heterocycles. The number of hydrogen-bond acceptors (Lipinski definition) is 6. The van der Waals surface area contributed by atoms with Crippen molar-refractivity contribution in [2.24, 2.45) is 0 Å². The van der Waals surface area contributed by atoms with Crippen LogP contribution in [0.3, 0.4) is 0 Å². The number of ether oxygens (including phenoxy) is 1. The Bertz CT molecular complexity index is 830. The first kappa shape index (κ1) is 20.7. The number of thiophene rings is 1. The molecular weight excluding hydrogens is 416 g/mol. The van der Waals surface area contributed by atoms with Crippen LogP contribution >= 0.6 is 11.3 Å². The fraction of sp³-hybridized carbons (Fsp3) is 0.667. The van der Waals surface area contributed by atoms with E-state index in [4.69, 9.17) is 4.74 Å². The summed E-state index contributed by atoms with van der Waals surface area (Å²) in [5.41, 5.74) is 0. The monoisotopic (exact) mass is 442 g/mol. The van der Waals surface area contributed by atoms with E-state index in [2.05, 4.69) is 0 Å². The van der Waals surface area contributed by atoms with E-state index in [0.29, 0.717) is 57.2 Å². The number of rotatable bonds is 4. The average molecular weight is 443 g/mol. The zero-order chi connectivity index (χ0) is 20.4. The minimum Gasteiger partial charge on any atom is -0.379 e. The van der Waals surface area contributed by atoms with Gasteiger partial charge in [-0.2, -0.15) is 17.0 Å². The molecule has 0 bridgehead atoms. The van der Waals surface area contributed by atoms with Crippen LogP contribution in [-0.4, -0.2) is 104 Å². The van der Waals surface area contributed by atoms with Gasteiger partial charge in [0, 0.05) is 45.8 Å². The van der Waals surface area contributed by atoms with Gasteiger partial charge in [0.1, 0.15) is 6.04 Å². The van der Waals surface area contributed by atoms with Crippen LogP contribution in [0.5, 0.6) is 0 Å². The third-order valence-corrected chi connectivity index (χ3v) is 8.60. The molecule has 0 N–H and O–H groups in total. The molecule has 160 valence electrons. The van der Waals surface area contributed by atoms with E-state index in [-0.39, 0.29) is 24.9 Å². The highest BCUT2D eigenvalue weighted by Gasteiger charge is 2.40. The number of amides is 2. The van der Waals surface area contributed by atoms with Crippen molar-refractivity contribution in [3.8, 4) is 0 Å². The lowest BCUT2D eigenvalue weighted by molar-refractivity contribution is -0.136. The van der Waals surface area contributed by atoms with E-state index >= 15 is 0 Å². The predicted molar refractivity (Wildman–Crippen MR) is 108 cm³/mol. The van der Waals surface area contributed by atoms with Crippen molar-refractivity contribution in [2.75, 3.05) is 59.0 Å². The van der Waals surface area contributed by atoms with Gasteiger partial charge in [-0.25, -0.2) is 0 Å². The molecule has 3 fully saturated rings. The Morgan fingerprint density at radius 2 is 1.69 bits per heavy atom. The number of hydrogen-bond donors (Lipinski definition) is 0. The van der Waals surface area contributed by atoms with Gasteiger partial charge in [-0.05, 0) is 24.3 Å². The van der Waals surface area contributed by atoms with Crippen LogP contribution < -0.4 is 0 Å². The zero-order valence-electron chi connectivity index (χ0n) is 16.2. The highest BCUT2D eigenvalue weighted by Crippen LogP contribution is 2.24. The number of likely N-dealkylation sites (tertiary alicyclic amines) is 1. The second kappa shape index (κ2) is 8.68. The first-order chi connectivity index (χ1) is 14.0. The standard InChI is InChI=1S/C18H26N4O5S2/c23-17(15-3-1-5-22(15)18(24)16-4-2-14-28-16)19-6-8-20(9-7-19)29(25,26)21-10-12-27-13-11-21/h2,4,14-15H,1,3,5-13H2/t15-/m0/s1. The van der Waals surface area contributed by atoms with Crippen molar-refractivity contribution in [2.45, 2.75) is 18.9 Å². The summed E-state index contributed by atoms with van der Waals surface area (Å²) in [7, 11) is -3.52. The lowest BCUT2D eigenvalue weighted by Gasteiger charge is -2.39. The molecular formula is C18H26N4O5S2. The number of morpholine rings is 1. The second-order valence-corrected chi connectivity index (χ2v) is 10.3. The van der Waals surface area contributed by atoms with E-state index < -0.39 is 16.3 Å². The van der Waals surface area contributed by atoms with Gasteiger partial charge in [-0.15, -0.1) is 11.3 Å². The van der Waals surface area contributed by atoms with E-state index in [1.807, 2.05) is 11.4 Å². The molecule has 29 heavy (non-hydrogen) atoms. The van der Waals surface area contributed by atoms with Crippen molar-refractivity contribution in [3.05, 3.63) is 22.4 Å². The Morgan fingerprint density at radius 1 is 1.00 bits per heavy atom. The maximum absolute atomic E-state index is 13.1. The lowest BCUT2D eigenvalue weighted by atomic mass is 10.1. The van der Waals surface area contributed by atoms with Crippen LogP contribution in [0.1, 0.15) is 22.5 Å². The van der Waals surface area contributed by atoms with Crippen LogP contribution in [-0.2, 0) is 19.7 Å². The lowest BCUT2D eigenvalue weighted by Crippen LogP contribution is -2.58. The highest BCUT2D eigenvalue weighted by atomic mass is 32.2. The summed E-state index contributed by atoms with van der Waals surface area (Å²) in [6, 6.07) is 3.16. The number of carbonyl (C=O) groups is 2. The van der Waals surface area contributed by atoms with Crippen LogP contribution in [0.4, 0.5) is 0 Å². The van der Waals surface area contributed by atoms with Gasteiger partial charge in [-0.3, -0.25) is 9.59 Å². The number of nitrogens with zero attached hydrogens (tertiary/aromatic N) is 4. The summed E-state index contributed by atoms with van der Waals surface area (Å²) in [5.74, 6) is -0.166. The fourth-order valence-corrected chi connectivity index (χ4v) is 6.34. The molecule has 1 aromatic heterocycles. The Hall–Kier alpha value is -1.53. The molecule has 0 spiro atoms. The van der Waals surface area contributed by atoms with Gasteiger partial charge >= 0.3 is 0 Å². The third-order valence-electron chi connectivity index (χ3n) is 5.70. The molecule has 1 atom stereocenters. The Balaban J connectivity index is 1.37. The maximum Gasteiger partial charge on any atom is 0.282 e. The fourth-order valence-electron chi connectivity index (χ4n) is 4.10.